The highest BCUT2D eigenvalue weighted by Gasteiger charge is 2.09. The fraction of sp³-hybridized carbons (Fsp3) is 0.0667. The van der Waals surface area contributed by atoms with Crippen molar-refractivity contribution in [3.05, 3.63) is 69.7 Å². The first-order valence-electron chi connectivity index (χ1n) is 5.90. The molecule has 0 saturated carbocycles. The average molecular weight is 271 g/mol. The van der Waals surface area contributed by atoms with Gasteiger partial charge in [-0.1, -0.05) is 29.8 Å². The molecule has 0 fully saturated rings. The summed E-state index contributed by atoms with van der Waals surface area (Å²) in [7, 11) is 0. The molecule has 2 heterocycles. The summed E-state index contributed by atoms with van der Waals surface area (Å²) in [5, 5.41) is 0.966. The molecule has 2 aromatic heterocycles. The van der Waals surface area contributed by atoms with Crippen LogP contribution >= 0.6 is 11.6 Å². The molecule has 0 amide bonds. The van der Waals surface area contributed by atoms with E-state index in [0.717, 1.165) is 16.9 Å². The van der Waals surface area contributed by atoms with Crippen molar-refractivity contribution >= 4 is 22.5 Å². The van der Waals surface area contributed by atoms with Crippen LogP contribution in [-0.4, -0.2) is 9.55 Å². The number of pyridine rings is 2. The van der Waals surface area contributed by atoms with Gasteiger partial charge >= 0.3 is 0 Å². The number of hydrogen-bond acceptors (Lipinski definition) is 2. The summed E-state index contributed by atoms with van der Waals surface area (Å²) in [6.45, 7) is 1.89. The lowest BCUT2D eigenvalue weighted by molar-refractivity contribution is 1.08. The van der Waals surface area contributed by atoms with E-state index in [0.29, 0.717) is 10.5 Å². The Kier molecular flexibility index (Phi) is 2.84. The van der Waals surface area contributed by atoms with Crippen molar-refractivity contribution < 1.29 is 0 Å². The molecule has 4 heteroatoms. The van der Waals surface area contributed by atoms with Crippen molar-refractivity contribution in [2.45, 2.75) is 6.92 Å². The van der Waals surface area contributed by atoms with E-state index in [1.54, 1.807) is 6.20 Å². The van der Waals surface area contributed by atoms with Gasteiger partial charge in [-0.25, -0.2) is 0 Å². The van der Waals surface area contributed by atoms with Crippen molar-refractivity contribution in [3.8, 4) is 5.69 Å². The summed E-state index contributed by atoms with van der Waals surface area (Å²) >= 11 is 6.24. The van der Waals surface area contributed by atoms with E-state index >= 15 is 0 Å². The minimum Gasteiger partial charge on any atom is -0.300 e. The van der Waals surface area contributed by atoms with E-state index in [2.05, 4.69) is 4.98 Å². The Balaban J connectivity index is 2.48. The lowest BCUT2D eigenvalue weighted by atomic mass is 10.2. The molecule has 3 nitrogen and oxygen atoms in total. The number of nitrogens with zero attached hydrogens (tertiary/aromatic N) is 2. The van der Waals surface area contributed by atoms with E-state index in [-0.39, 0.29) is 5.43 Å². The smallest absolute Gasteiger partial charge is 0.192 e. The van der Waals surface area contributed by atoms with E-state index in [9.17, 15) is 4.79 Å². The van der Waals surface area contributed by atoms with E-state index in [1.165, 1.54) is 6.07 Å². The van der Waals surface area contributed by atoms with Crippen molar-refractivity contribution in [1.82, 2.24) is 9.55 Å². The highest BCUT2D eigenvalue weighted by atomic mass is 35.5. The third-order valence-electron chi connectivity index (χ3n) is 3.00. The fourth-order valence-electron chi connectivity index (χ4n) is 2.13. The molecular weight excluding hydrogens is 260 g/mol. The number of benzene rings is 1. The SMILES string of the molecule is Cc1cc2c(cn1)c(=O)cc(Cl)n2-c1ccccc1. The van der Waals surface area contributed by atoms with Crippen molar-refractivity contribution in [2.24, 2.45) is 0 Å². The molecule has 0 aliphatic rings. The normalized spacial score (nSPS) is 10.8. The number of rotatable bonds is 1. The maximum atomic E-state index is 12.0. The van der Waals surface area contributed by atoms with Gasteiger partial charge in [0, 0.05) is 23.6 Å². The number of aryl methyl sites for hydroxylation is 1. The number of aromatic nitrogens is 2. The molecule has 0 unspecified atom stereocenters. The Morgan fingerprint density at radius 1 is 1.16 bits per heavy atom. The highest BCUT2D eigenvalue weighted by molar-refractivity contribution is 6.30. The molecule has 3 aromatic rings. The summed E-state index contributed by atoms with van der Waals surface area (Å²) < 4.78 is 1.85. The first-order chi connectivity index (χ1) is 9.16. The van der Waals surface area contributed by atoms with Crippen LogP contribution in [0.15, 0.2) is 53.5 Å². The molecule has 0 aliphatic carbocycles. The van der Waals surface area contributed by atoms with Gasteiger partial charge in [-0.2, -0.15) is 0 Å². The minimum atomic E-state index is -0.111. The quantitative estimate of drug-likeness (QED) is 0.636. The van der Waals surface area contributed by atoms with Crippen LogP contribution in [0.3, 0.4) is 0 Å². The Hall–Kier alpha value is -2.13. The van der Waals surface area contributed by atoms with Gasteiger partial charge in [0.15, 0.2) is 5.43 Å². The zero-order chi connectivity index (χ0) is 13.4. The van der Waals surface area contributed by atoms with Crippen LogP contribution in [0.5, 0.6) is 0 Å². The van der Waals surface area contributed by atoms with Crippen LogP contribution in [0.1, 0.15) is 5.69 Å². The molecule has 3 rings (SSSR count). The first kappa shape index (κ1) is 11.9. The van der Waals surface area contributed by atoms with Gasteiger partial charge in [-0.05, 0) is 25.1 Å². The predicted molar refractivity (Wildman–Crippen MR) is 77.1 cm³/mol. The Morgan fingerprint density at radius 2 is 1.89 bits per heavy atom. The summed E-state index contributed by atoms with van der Waals surface area (Å²) in [6.07, 6.45) is 1.60. The zero-order valence-corrected chi connectivity index (χ0v) is 11.1. The van der Waals surface area contributed by atoms with Crippen molar-refractivity contribution in [2.75, 3.05) is 0 Å². The summed E-state index contributed by atoms with van der Waals surface area (Å²) in [4.78, 5) is 16.1. The average Bonchev–Trinajstić information content (AvgIpc) is 2.39. The maximum Gasteiger partial charge on any atom is 0.192 e. The second kappa shape index (κ2) is 4.52. The number of halogens is 1. The lowest BCUT2D eigenvalue weighted by Gasteiger charge is -2.13. The topological polar surface area (TPSA) is 34.9 Å². The van der Waals surface area contributed by atoms with Crippen LogP contribution in [-0.2, 0) is 0 Å². The van der Waals surface area contributed by atoms with E-state index in [4.69, 9.17) is 11.6 Å². The fourth-order valence-corrected chi connectivity index (χ4v) is 2.41. The number of hydrogen-bond donors (Lipinski definition) is 0. The summed E-state index contributed by atoms with van der Waals surface area (Å²) in [6, 6.07) is 13.0. The molecule has 0 aliphatic heterocycles. The zero-order valence-electron chi connectivity index (χ0n) is 10.3. The molecule has 94 valence electrons. The van der Waals surface area contributed by atoms with Gasteiger partial charge < -0.3 is 0 Å². The summed E-state index contributed by atoms with van der Waals surface area (Å²) in [5.41, 5.74) is 2.43. The van der Waals surface area contributed by atoms with Gasteiger partial charge in [-0.15, -0.1) is 0 Å². The van der Waals surface area contributed by atoms with E-state index < -0.39 is 0 Å². The molecule has 0 atom stereocenters. The first-order valence-corrected chi connectivity index (χ1v) is 6.28. The third kappa shape index (κ3) is 2.02. The Morgan fingerprint density at radius 3 is 2.63 bits per heavy atom. The standard InChI is InChI=1S/C15H11ClN2O/c1-10-7-13-12(9-17-10)14(19)8-15(16)18(13)11-5-3-2-4-6-11/h2-9H,1H3. The monoisotopic (exact) mass is 270 g/mol. The maximum absolute atomic E-state index is 12.0. The molecule has 0 saturated heterocycles. The molecule has 0 spiro atoms. The van der Waals surface area contributed by atoms with Crippen LogP contribution in [0, 0.1) is 6.92 Å². The van der Waals surface area contributed by atoms with Gasteiger partial charge in [-0.3, -0.25) is 14.3 Å². The van der Waals surface area contributed by atoms with Gasteiger partial charge in [0.05, 0.1) is 10.9 Å². The van der Waals surface area contributed by atoms with Crippen LogP contribution in [0.4, 0.5) is 0 Å². The lowest BCUT2D eigenvalue weighted by Crippen LogP contribution is -2.09. The van der Waals surface area contributed by atoms with Crippen molar-refractivity contribution in [3.63, 3.8) is 0 Å². The largest absolute Gasteiger partial charge is 0.300 e. The molecule has 0 radical (unpaired) electrons. The van der Waals surface area contributed by atoms with Gasteiger partial charge in [0.25, 0.3) is 0 Å². The van der Waals surface area contributed by atoms with Crippen LogP contribution in [0.25, 0.3) is 16.6 Å². The Labute approximate surface area is 115 Å². The summed E-state index contributed by atoms with van der Waals surface area (Å²) in [5.74, 6) is 0. The molecule has 1 aromatic carbocycles. The Bertz CT molecular complexity index is 809. The third-order valence-corrected chi connectivity index (χ3v) is 3.28. The molecule has 0 bridgehead atoms. The van der Waals surface area contributed by atoms with E-state index in [1.807, 2.05) is 47.9 Å². The van der Waals surface area contributed by atoms with Gasteiger partial charge in [0.2, 0.25) is 0 Å². The molecule has 0 N–H and O–H groups in total. The van der Waals surface area contributed by atoms with Crippen LogP contribution in [0.2, 0.25) is 5.15 Å². The predicted octanol–water partition coefficient (Wildman–Crippen LogP) is 3.35. The minimum absolute atomic E-state index is 0.111. The van der Waals surface area contributed by atoms with Gasteiger partial charge in [0.1, 0.15) is 5.15 Å². The molecular formula is C15H11ClN2O. The van der Waals surface area contributed by atoms with Crippen LogP contribution < -0.4 is 5.43 Å². The second-order valence-corrected chi connectivity index (χ2v) is 4.73. The second-order valence-electron chi connectivity index (χ2n) is 4.35. The number of para-hydroxylation sites is 1. The number of fused-ring (bicyclic) bond motifs is 1. The highest BCUT2D eigenvalue weighted by Crippen LogP contribution is 2.22. The van der Waals surface area contributed by atoms with Crippen molar-refractivity contribution in [1.29, 1.82) is 0 Å². The molecule has 19 heavy (non-hydrogen) atoms.